The first-order valence-electron chi connectivity index (χ1n) is 4.54. The molecule has 13 heavy (non-hydrogen) atoms. The Morgan fingerprint density at radius 1 is 1.54 bits per heavy atom. The molecule has 0 spiro atoms. The monoisotopic (exact) mass is 217 g/mol. The molecular weight excluding hydrogens is 206 g/mol. The fourth-order valence-corrected chi connectivity index (χ4v) is 2.12. The molecule has 1 aromatic rings. The maximum Gasteiger partial charge on any atom is 0.187 e. The van der Waals surface area contributed by atoms with E-state index in [1.54, 1.807) is 0 Å². The Balaban J connectivity index is 2.06. The fourth-order valence-electron chi connectivity index (χ4n) is 1.34. The predicted octanol–water partition coefficient (Wildman–Crippen LogP) is 2.43. The summed E-state index contributed by atoms with van der Waals surface area (Å²) in [5.74, 6) is 1.72. The molecule has 0 bridgehead atoms. The lowest BCUT2D eigenvalue weighted by molar-refractivity contribution is 0.735. The van der Waals surface area contributed by atoms with Crippen LogP contribution in [0, 0.1) is 5.92 Å². The van der Waals surface area contributed by atoms with Crippen molar-refractivity contribution in [2.24, 2.45) is 5.92 Å². The first-order chi connectivity index (χ1) is 6.31. The number of nitrogens with zero attached hydrogens (tertiary/aromatic N) is 3. The van der Waals surface area contributed by atoms with Crippen molar-refractivity contribution < 1.29 is 0 Å². The van der Waals surface area contributed by atoms with E-state index >= 15 is 0 Å². The van der Waals surface area contributed by atoms with Gasteiger partial charge >= 0.3 is 0 Å². The molecule has 1 saturated carbocycles. The van der Waals surface area contributed by atoms with Crippen LogP contribution in [0.2, 0.25) is 5.15 Å². The van der Waals surface area contributed by atoms with Gasteiger partial charge in [0, 0.05) is 13.1 Å². The van der Waals surface area contributed by atoms with Crippen LogP contribution in [0.4, 0.5) is 5.82 Å². The molecule has 0 amide bonds. The summed E-state index contributed by atoms with van der Waals surface area (Å²) in [4.78, 5) is 2.21. The van der Waals surface area contributed by atoms with Crippen LogP contribution in [-0.4, -0.2) is 21.8 Å². The molecular formula is C8H12ClN3S. The number of aromatic nitrogens is 2. The van der Waals surface area contributed by atoms with Gasteiger partial charge in [0.2, 0.25) is 0 Å². The summed E-state index contributed by atoms with van der Waals surface area (Å²) in [6.07, 6.45) is 2.71. The zero-order chi connectivity index (χ0) is 9.26. The highest BCUT2D eigenvalue weighted by atomic mass is 35.5. The van der Waals surface area contributed by atoms with Gasteiger partial charge in [0.15, 0.2) is 11.0 Å². The van der Waals surface area contributed by atoms with E-state index in [0.29, 0.717) is 5.15 Å². The Morgan fingerprint density at radius 3 is 2.77 bits per heavy atom. The second kappa shape index (κ2) is 3.80. The third-order valence-corrected chi connectivity index (χ3v) is 3.16. The summed E-state index contributed by atoms with van der Waals surface area (Å²) in [6.45, 7) is 4.17. The van der Waals surface area contributed by atoms with Gasteiger partial charge < -0.3 is 4.90 Å². The highest BCUT2D eigenvalue weighted by Crippen LogP contribution is 2.32. The molecule has 1 aliphatic carbocycles. The normalized spacial score (nSPS) is 16.2. The van der Waals surface area contributed by atoms with Gasteiger partial charge in [-0.2, -0.15) is 8.75 Å². The molecule has 72 valence electrons. The lowest BCUT2D eigenvalue weighted by Crippen LogP contribution is -2.25. The van der Waals surface area contributed by atoms with Crippen LogP contribution >= 0.6 is 23.3 Å². The summed E-state index contributed by atoms with van der Waals surface area (Å²) < 4.78 is 8.16. The molecule has 0 saturated heterocycles. The van der Waals surface area contributed by atoms with Crippen LogP contribution in [0.3, 0.4) is 0 Å². The number of rotatable bonds is 4. The molecule has 1 aliphatic rings. The predicted molar refractivity (Wildman–Crippen MR) is 55.5 cm³/mol. The molecule has 1 fully saturated rings. The highest BCUT2D eigenvalue weighted by Gasteiger charge is 2.25. The van der Waals surface area contributed by atoms with Gasteiger partial charge in [-0.15, -0.1) is 0 Å². The van der Waals surface area contributed by atoms with Crippen molar-refractivity contribution in [2.75, 3.05) is 18.0 Å². The summed E-state index contributed by atoms with van der Waals surface area (Å²) >= 11 is 7.10. The lowest BCUT2D eigenvalue weighted by atomic mass is 10.3. The van der Waals surface area contributed by atoms with Crippen LogP contribution in [0.15, 0.2) is 0 Å². The maximum absolute atomic E-state index is 5.91. The van der Waals surface area contributed by atoms with Gasteiger partial charge in [-0.25, -0.2) is 0 Å². The molecule has 0 atom stereocenters. The van der Waals surface area contributed by atoms with Gasteiger partial charge in [0.05, 0.1) is 11.7 Å². The first kappa shape index (κ1) is 9.21. The first-order valence-corrected chi connectivity index (χ1v) is 5.65. The molecule has 0 N–H and O–H groups in total. The van der Waals surface area contributed by atoms with Gasteiger partial charge in [-0.1, -0.05) is 11.6 Å². The van der Waals surface area contributed by atoms with Crippen molar-refractivity contribution in [3.8, 4) is 0 Å². The number of anilines is 1. The number of hydrogen-bond donors (Lipinski definition) is 0. The summed E-state index contributed by atoms with van der Waals surface area (Å²) in [5.41, 5.74) is 0. The highest BCUT2D eigenvalue weighted by molar-refractivity contribution is 6.99. The standard InChI is InChI=1S/C8H12ClN3S/c1-2-12(5-6-3-4-6)8-7(9)10-13-11-8/h6H,2-5H2,1H3. The van der Waals surface area contributed by atoms with Gasteiger partial charge in [0.25, 0.3) is 0 Å². The van der Waals surface area contributed by atoms with Crippen molar-refractivity contribution >= 4 is 29.1 Å². The largest absolute Gasteiger partial charge is 0.353 e. The Morgan fingerprint density at radius 2 is 2.31 bits per heavy atom. The zero-order valence-electron chi connectivity index (χ0n) is 7.53. The smallest absolute Gasteiger partial charge is 0.187 e. The Hall–Kier alpha value is -0.350. The molecule has 3 nitrogen and oxygen atoms in total. The molecule has 2 rings (SSSR count). The van der Waals surface area contributed by atoms with Gasteiger partial charge in [0.1, 0.15) is 0 Å². The molecule has 0 radical (unpaired) electrons. The van der Waals surface area contributed by atoms with E-state index in [0.717, 1.165) is 24.8 Å². The van der Waals surface area contributed by atoms with Crippen molar-refractivity contribution in [3.63, 3.8) is 0 Å². The third-order valence-electron chi connectivity index (χ3n) is 2.29. The molecule has 0 aromatic carbocycles. The van der Waals surface area contributed by atoms with Crippen molar-refractivity contribution in [1.29, 1.82) is 0 Å². The number of halogens is 1. The average molecular weight is 218 g/mol. The van der Waals surface area contributed by atoms with E-state index in [9.17, 15) is 0 Å². The molecule has 1 heterocycles. The Bertz CT molecular complexity index is 285. The second-order valence-corrected chi connectivity index (χ2v) is 4.25. The minimum absolute atomic E-state index is 0.549. The Labute approximate surface area is 87.0 Å². The van der Waals surface area contributed by atoms with Crippen LogP contribution in [0.25, 0.3) is 0 Å². The Kier molecular flexibility index (Phi) is 2.69. The lowest BCUT2D eigenvalue weighted by Gasteiger charge is -2.19. The van der Waals surface area contributed by atoms with Crippen LogP contribution in [-0.2, 0) is 0 Å². The van der Waals surface area contributed by atoms with Gasteiger partial charge in [-0.3, -0.25) is 0 Å². The SMILES string of the molecule is CCN(CC1CC1)c1nsnc1Cl. The zero-order valence-corrected chi connectivity index (χ0v) is 9.11. The molecule has 1 aromatic heterocycles. The molecule has 5 heteroatoms. The molecule has 0 unspecified atom stereocenters. The topological polar surface area (TPSA) is 29.0 Å². The molecule has 0 aliphatic heterocycles. The van der Waals surface area contributed by atoms with Crippen LogP contribution < -0.4 is 4.90 Å². The minimum Gasteiger partial charge on any atom is -0.353 e. The van der Waals surface area contributed by atoms with E-state index in [4.69, 9.17) is 11.6 Å². The van der Waals surface area contributed by atoms with E-state index < -0.39 is 0 Å². The van der Waals surface area contributed by atoms with Gasteiger partial charge in [-0.05, 0) is 25.7 Å². The summed E-state index contributed by atoms with van der Waals surface area (Å²) in [5, 5.41) is 0.549. The minimum atomic E-state index is 0.549. The second-order valence-electron chi connectivity index (χ2n) is 3.36. The summed E-state index contributed by atoms with van der Waals surface area (Å²) in [7, 11) is 0. The maximum atomic E-state index is 5.91. The quantitative estimate of drug-likeness (QED) is 0.776. The third kappa shape index (κ3) is 2.11. The number of hydrogen-bond acceptors (Lipinski definition) is 4. The van der Waals surface area contributed by atoms with E-state index in [1.165, 1.54) is 24.6 Å². The summed E-state index contributed by atoms with van der Waals surface area (Å²) in [6, 6.07) is 0. The van der Waals surface area contributed by atoms with Crippen molar-refractivity contribution in [3.05, 3.63) is 5.15 Å². The van der Waals surface area contributed by atoms with E-state index in [1.807, 2.05) is 0 Å². The van der Waals surface area contributed by atoms with Crippen LogP contribution in [0.1, 0.15) is 19.8 Å². The van der Waals surface area contributed by atoms with Crippen molar-refractivity contribution in [1.82, 2.24) is 8.75 Å². The van der Waals surface area contributed by atoms with Crippen molar-refractivity contribution in [2.45, 2.75) is 19.8 Å². The van der Waals surface area contributed by atoms with Crippen LogP contribution in [0.5, 0.6) is 0 Å². The van der Waals surface area contributed by atoms with E-state index in [-0.39, 0.29) is 0 Å². The fraction of sp³-hybridized carbons (Fsp3) is 0.750. The van der Waals surface area contributed by atoms with E-state index in [2.05, 4.69) is 20.6 Å². The average Bonchev–Trinajstić information content (AvgIpc) is 2.85.